The lowest BCUT2D eigenvalue weighted by molar-refractivity contribution is 0.0581. The molecule has 9 heteroatoms. The van der Waals surface area contributed by atoms with E-state index < -0.39 is 27.3 Å². The summed E-state index contributed by atoms with van der Waals surface area (Å²) >= 11 is 0. The molecular formula is C25H30FN3O4S. The van der Waals surface area contributed by atoms with E-state index in [2.05, 4.69) is 5.32 Å². The lowest BCUT2D eigenvalue weighted by Crippen LogP contribution is -2.37. The van der Waals surface area contributed by atoms with Crippen molar-refractivity contribution in [1.29, 1.82) is 0 Å². The Hall–Kier alpha value is -3.20. The second-order valence-corrected chi connectivity index (χ2v) is 11.3. The van der Waals surface area contributed by atoms with Gasteiger partial charge in [-0.25, -0.2) is 22.6 Å². The first-order valence-corrected chi connectivity index (χ1v) is 13.1. The molecule has 2 aromatic carbocycles. The molecule has 0 fully saturated rings. The molecule has 0 unspecified atom stereocenters. The number of rotatable bonds is 7. The molecule has 7 nitrogen and oxygen atoms in total. The molecule has 1 amide bonds. The van der Waals surface area contributed by atoms with Crippen LogP contribution in [0.4, 0.5) is 20.7 Å². The quantitative estimate of drug-likeness (QED) is 0.489. The third-order valence-corrected chi connectivity index (χ3v) is 5.90. The number of nitrogens with one attached hydrogen (secondary N) is 1. The first kappa shape index (κ1) is 25.4. The number of pyridine rings is 1. The Bertz CT molecular complexity index is 1290. The number of hydrogen-bond acceptors (Lipinski definition) is 6. The van der Waals surface area contributed by atoms with Gasteiger partial charge in [0.25, 0.3) is 0 Å². The first-order chi connectivity index (χ1) is 15.9. The topological polar surface area (TPSA) is 88.6 Å². The van der Waals surface area contributed by atoms with Crippen molar-refractivity contribution < 1.29 is 22.3 Å². The fourth-order valence-electron chi connectivity index (χ4n) is 3.52. The Morgan fingerprint density at radius 3 is 2.41 bits per heavy atom. The van der Waals surface area contributed by atoms with Crippen molar-refractivity contribution in [3.63, 3.8) is 0 Å². The van der Waals surface area contributed by atoms with E-state index in [1.54, 1.807) is 20.8 Å². The Labute approximate surface area is 199 Å². The SMILES string of the molecule is CCN(C(=O)OC(C)(C)C)c1nc2ccc(F)cc2c(NCCS(C)(=O)=O)c1-c1ccccc1. The van der Waals surface area contributed by atoms with E-state index in [1.165, 1.54) is 23.1 Å². The number of benzene rings is 2. The van der Waals surface area contributed by atoms with Gasteiger partial charge >= 0.3 is 6.09 Å². The number of halogens is 1. The van der Waals surface area contributed by atoms with Gasteiger partial charge in [0.15, 0.2) is 0 Å². The standard InChI is InChI=1S/C25H30FN3O4S/c1-6-29(24(30)33-25(2,3)4)23-21(17-10-8-7-9-11-17)22(27-14-15-34(5,31)32)19-16-18(26)12-13-20(19)28-23/h7-13,16H,6,14-15H2,1-5H3,(H,27,28). The number of carbonyl (C=O) groups excluding carboxylic acids is 1. The zero-order valence-corrected chi connectivity index (χ0v) is 20.9. The third kappa shape index (κ3) is 6.22. The van der Waals surface area contributed by atoms with Crippen LogP contribution in [0, 0.1) is 5.82 Å². The number of anilines is 2. The Kier molecular flexibility index (Phi) is 7.45. The fourth-order valence-corrected chi connectivity index (χ4v) is 4.00. The highest BCUT2D eigenvalue weighted by atomic mass is 32.2. The molecule has 0 bridgehead atoms. The lowest BCUT2D eigenvalue weighted by atomic mass is 10.00. The van der Waals surface area contributed by atoms with Gasteiger partial charge in [-0.3, -0.25) is 4.90 Å². The second-order valence-electron chi connectivity index (χ2n) is 8.99. The fraction of sp³-hybridized carbons (Fsp3) is 0.360. The van der Waals surface area contributed by atoms with E-state index in [1.807, 2.05) is 37.3 Å². The molecule has 0 radical (unpaired) electrons. The molecule has 1 aromatic heterocycles. The van der Waals surface area contributed by atoms with E-state index in [0.29, 0.717) is 28.0 Å². The van der Waals surface area contributed by atoms with Gasteiger partial charge in [-0.1, -0.05) is 30.3 Å². The van der Waals surface area contributed by atoms with E-state index in [0.717, 1.165) is 11.8 Å². The third-order valence-electron chi connectivity index (χ3n) is 4.95. The van der Waals surface area contributed by atoms with Crippen LogP contribution < -0.4 is 10.2 Å². The average molecular weight is 488 g/mol. The van der Waals surface area contributed by atoms with Crippen molar-refractivity contribution in [3.8, 4) is 11.1 Å². The zero-order valence-electron chi connectivity index (χ0n) is 20.1. The molecule has 182 valence electrons. The second kappa shape index (κ2) is 9.97. The first-order valence-electron chi connectivity index (χ1n) is 11.0. The van der Waals surface area contributed by atoms with Crippen molar-refractivity contribution in [2.75, 3.05) is 35.3 Å². The van der Waals surface area contributed by atoms with E-state index >= 15 is 0 Å². The summed E-state index contributed by atoms with van der Waals surface area (Å²) in [5, 5.41) is 3.66. The van der Waals surface area contributed by atoms with Crippen LogP contribution in [-0.4, -0.2) is 50.2 Å². The minimum Gasteiger partial charge on any atom is -0.443 e. The van der Waals surface area contributed by atoms with Crippen molar-refractivity contribution in [3.05, 3.63) is 54.3 Å². The molecular weight excluding hydrogens is 457 g/mol. The maximum absolute atomic E-state index is 14.3. The van der Waals surface area contributed by atoms with Crippen LogP contribution >= 0.6 is 0 Å². The number of fused-ring (bicyclic) bond motifs is 1. The van der Waals surface area contributed by atoms with Gasteiger partial charge in [-0.05, 0) is 51.5 Å². The Morgan fingerprint density at radius 1 is 1.15 bits per heavy atom. The summed E-state index contributed by atoms with van der Waals surface area (Å²) < 4.78 is 43.4. The number of sulfone groups is 1. The van der Waals surface area contributed by atoms with Crippen LogP contribution in [0.25, 0.3) is 22.0 Å². The number of nitrogens with zero attached hydrogens (tertiary/aromatic N) is 2. The highest BCUT2D eigenvalue weighted by Crippen LogP contribution is 2.41. The molecule has 0 saturated heterocycles. The predicted octanol–water partition coefficient (Wildman–Crippen LogP) is 5.26. The molecule has 3 rings (SSSR count). The molecule has 0 spiro atoms. The normalized spacial score (nSPS) is 11.9. The molecule has 0 saturated carbocycles. The number of carbonyl (C=O) groups is 1. The van der Waals surface area contributed by atoms with Gasteiger partial charge in [0, 0.05) is 30.3 Å². The Balaban J connectivity index is 2.30. The molecule has 3 aromatic rings. The summed E-state index contributed by atoms with van der Waals surface area (Å²) in [5.41, 5.74) is 1.53. The number of hydrogen-bond donors (Lipinski definition) is 1. The van der Waals surface area contributed by atoms with Crippen LogP contribution in [0.2, 0.25) is 0 Å². The zero-order chi connectivity index (χ0) is 25.1. The largest absolute Gasteiger partial charge is 0.443 e. The highest BCUT2D eigenvalue weighted by molar-refractivity contribution is 7.90. The monoisotopic (exact) mass is 487 g/mol. The molecule has 1 heterocycles. The van der Waals surface area contributed by atoms with Gasteiger partial charge in [-0.15, -0.1) is 0 Å². The van der Waals surface area contributed by atoms with E-state index in [4.69, 9.17) is 9.72 Å². The smallest absolute Gasteiger partial charge is 0.416 e. The summed E-state index contributed by atoms with van der Waals surface area (Å²) in [7, 11) is -3.23. The lowest BCUT2D eigenvalue weighted by Gasteiger charge is -2.29. The van der Waals surface area contributed by atoms with Crippen LogP contribution in [0.5, 0.6) is 0 Å². The van der Waals surface area contributed by atoms with Gasteiger partial charge in [0.2, 0.25) is 0 Å². The van der Waals surface area contributed by atoms with Crippen molar-refractivity contribution in [1.82, 2.24) is 4.98 Å². The summed E-state index contributed by atoms with van der Waals surface area (Å²) in [5.74, 6) is -0.227. The maximum Gasteiger partial charge on any atom is 0.416 e. The molecule has 34 heavy (non-hydrogen) atoms. The summed E-state index contributed by atoms with van der Waals surface area (Å²) in [6.45, 7) is 7.54. The number of amides is 1. The highest BCUT2D eigenvalue weighted by Gasteiger charge is 2.28. The number of aromatic nitrogens is 1. The van der Waals surface area contributed by atoms with Crippen molar-refractivity contribution >= 4 is 38.3 Å². The summed E-state index contributed by atoms with van der Waals surface area (Å²) in [6, 6.07) is 13.5. The molecule has 1 N–H and O–H groups in total. The summed E-state index contributed by atoms with van der Waals surface area (Å²) in [6.07, 6.45) is 0.590. The van der Waals surface area contributed by atoms with Gasteiger partial charge in [-0.2, -0.15) is 0 Å². The number of ether oxygens (including phenoxy) is 1. The minimum absolute atomic E-state index is 0.103. The minimum atomic E-state index is -3.23. The maximum atomic E-state index is 14.3. The van der Waals surface area contributed by atoms with Crippen LogP contribution in [-0.2, 0) is 14.6 Å². The van der Waals surface area contributed by atoms with Crippen molar-refractivity contribution in [2.45, 2.75) is 33.3 Å². The molecule has 0 aliphatic heterocycles. The van der Waals surface area contributed by atoms with Gasteiger partial charge < -0.3 is 10.1 Å². The van der Waals surface area contributed by atoms with Gasteiger partial charge in [0.1, 0.15) is 27.1 Å². The Morgan fingerprint density at radius 2 is 1.82 bits per heavy atom. The molecule has 0 aliphatic carbocycles. The van der Waals surface area contributed by atoms with Crippen LogP contribution in [0.1, 0.15) is 27.7 Å². The van der Waals surface area contributed by atoms with E-state index in [-0.39, 0.29) is 18.8 Å². The van der Waals surface area contributed by atoms with Crippen molar-refractivity contribution in [2.24, 2.45) is 0 Å². The molecule has 0 atom stereocenters. The van der Waals surface area contributed by atoms with E-state index in [9.17, 15) is 17.6 Å². The average Bonchev–Trinajstić information content (AvgIpc) is 2.73. The van der Waals surface area contributed by atoms with Crippen LogP contribution in [0.15, 0.2) is 48.5 Å². The van der Waals surface area contributed by atoms with Crippen LogP contribution in [0.3, 0.4) is 0 Å². The summed E-state index contributed by atoms with van der Waals surface area (Å²) in [4.78, 5) is 19.3. The molecule has 0 aliphatic rings. The van der Waals surface area contributed by atoms with Gasteiger partial charge in [0.05, 0.1) is 17.0 Å². The predicted molar refractivity (Wildman–Crippen MR) is 135 cm³/mol.